The fourth-order valence-electron chi connectivity index (χ4n) is 3.85. The third-order valence-corrected chi connectivity index (χ3v) is 5.62. The molecule has 1 N–H and O–H groups in total. The Morgan fingerprint density at radius 2 is 1.79 bits per heavy atom. The molecule has 170 valence electrons. The summed E-state index contributed by atoms with van der Waals surface area (Å²) in [7, 11) is 1.66. The predicted octanol–water partition coefficient (Wildman–Crippen LogP) is 3.86. The first-order valence-electron chi connectivity index (χ1n) is 11.1. The van der Waals surface area contributed by atoms with Crippen molar-refractivity contribution in [3.63, 3.8) is 0 Å². The number of nitrogens with zero attached hydrogens (tertiary/aromatic N) is 4. The number of methoxy groups -OCH3 is 1. The summed E-state index contributed by atoms with van der Waals surface area (Å²) in [5, 5.41) is 7.98. The van der Waals surface area contributed by atoms with E-state index in [0.717, 1.165) is 66.9 Å². The lowest BCUT2D eigenvalue weighted by atomic mass is 10.1. The Kier molecular flexibility index (Phi) is 6.37. The highest BCUT2D eigenvalue weighted by Gasteiger charge is 2.11. The van der Waals surface area contributed by atoms with Crippen molar-refractivity contribution in [1.82, 2.24) is 19.5 Å². The second kappa shape index (κ2) is 9.89. The van der Waals surface area contributed by atoms with Crippen LogP contribution in [0.4, 0.5) is 11.6 Å². The molecule has 2 aromatic heterocycles. The molecular weight excluding hydrogens is 418 g/mol. The molecule has 8 nitrogen and oxygen atoms in total. The van der Waals surface area contributed by atoms with Gasteiger partial charge in [0.2, 0.25) is 5.95 Å². The summed E-state index contributed by atoms with van der Waals surface area (Å²) in [6, 6.07) is 21.7. The Bertz CT molecular complexity index is 1200. The van der Waals surface area contributed by atoms with Crippen LogP contribution in [0.15, 0.2) is 66.7 Å². The molecule has 4 aromatic rings. The van der Waals surface area contributed by atoms with Crippen LogP contribution < -0.4 is 14.8 Å². The molecular formula is C25H27N5O3. The van der Waals surface area contributed by atoms with E-state index in [2.05, 4.69) is 20.3 Å². The van der Waals surface area contributed by atoms with E-state index in [-0.39, 0.29) is 0 Å². The number of hydrogen-bond donors (Lipinski definition) is 1. The van der Waals surface area contributed by atoms with Crippen LogP contribution in [-0.2, 0) is 4.74 Å². The molecule has 0 bridgehead atoms. The van der Waals surface area contributed by atoms with Crippen molar-refractivity contribution in [3.05, 3.63) is 66.7 Å². The van der Waals surface area contributed by atoms with Crippen LogP contribution in [0.5, 0.6) is 11.5 Å². The van der Waals surface area contributed by atoms with Gasteiger partial charge >= 0.3 is 0 Å². The van der Waals surface area contributed by atoms with Gasteiger partial charge in [0, 0.05) is 37.0 Å². The quantitative estimate of drug-likeness (QED) is 0.441. The monoisotopic (exact) mass is 445 g/mol. The van der Waals surface area contributed by atoms with Crippen molar-refractivity contribution in [2.75, 3.05) is 51.9 Å². The first kappa shape index (κ1) is 21.2. The third-order valence-electron chi connectivity index (χ3n) is 5.62. The SMILES string of the molecule is COc1ccc(-c2cccc3nc(Nc4cccc(OCCN5CCOCC5)c4)nn23)cc1. The van der Waals surface area contributed by atoms with Gasteiger partial charge in [0.05, 0.1) is 26.0 Å². The van der Waals surface area contributed by atoms with Crippen molar-refractivity contribution in [2.24, 2.45) is 0 Å². The van der Waals surface area contributed by atoms with Gasteiger partial charge in [-0.15, -0.1) is 5.10 Å². The Balaban J connectivity index is 1.28. The first-order valence-corrected chi connectivity index (χ1v) is 11.1. The molecule has 0 amide bonds. The number of pyridine rings is 1. The van der Waals surface area contributed by atoms with Gasteiger partial charge in [0.1, 0.15) is 18.1 Å². The van der Waals surface area contributed by atoms with Crippen LogP contribution in [0.1, 0.15) is 0 Å². The molecule has 33 heavy (non-hydrogen) atoms. The van der Waals surface area contributed by atoms with Gasteiger partial charge in [0.15, 0.2) is 5.65 Å². The molecule has 0 unspecified atom stereocenters. The van der Waals surface area contributed by atoms with Crippen molar-refractivity contribution in [3.8, 4) is 22.8 Å². The highest BCUT2D eigenvalue weighted by Crippen LogP contribution is 2.25. The van der Waals surface area contributed by atoms with Crippen molar-refractivity contribution in [1.29, 1.82) is 0 Å². The summed E-state index contributed by atoms with van der Waals surface area (Å²) in [6.07, 6.45) is 0. The molecule has 3 heterocycles. The zero-order valence-corrected chi connectivity index (χ0v) is 18.6. The Labute approximate surface area is 192 Å². The predicted molar refractivity (Wildman–Crippen MR) is 127 cm³/mol. The van der Waals surface area contributed by atoms with Crippen LogP contribution in [-0.4, -0.2) is 66.1 Å². The average molecular weight is 446 g/mol. The molecule has 0 aliphatic carbocycles. The minimum Gasteiger partial charge on any atom is -0.497 e. The highest BCUT2D eigenvalue weighted by atomic mass is 16.5. The number of hydrogen-bond acceptors (Lipinski definition) is 7. The van der Waals surface area contributed by atoms with Crippen molar-refractivity contribution >= 4 is 17.3 Å². The van der Waals surface area contributed by atoms with E-state index in [4.69, 9.17) is 14.2 Å². The molecule has 0 spiro atoms. The average Bonchev–Trinajstić information content (AvgIpc) is 3.27. The lowest BCUT2D eigenvalue weighted by Gasteiger charge is -2.26. The van der Waals surface area contributed by atoms with Crippen LogP contribution >= 0.6 is 0 Å². The standard InChI is InChI=1S/C25H27N5O3/c1-31-21-10-8-19(9-11-21)23-6-3-7-24-27-25(28-30(23)24)26-20-4-2-5-22(18-20)33-17-14-29-12-15-32-16-13-29/h2-11,18H,12-17H2,1H3,(H,26,28). The summed E-state index contributed by atoms with van der Waals surface area (Å²) < 4.78 is 18.5. The van der Waals surface area contributed by atoms with Gasteiger partial charge in [-0.2, -0.15) is 4.98 Å². The van der Waals surface area contributed by atoms with Gasteiger partial charge < -0.3 is 19.5 Å². The van der Waals surface area contributed by atoms with E-state index in [1.165, 1.54) is 0 Å². The second-order valence-corrected chi connectivity index (χ2v) is 7.80. The molecule has 8 heteroatoms. The molecule has 0 atom stereocenters. The number of anilines is 2. The summed E-state index contributed by atoms with van der Waals surface area (Å²) >= 11 is 0. The van der Waals surface area contributed by atoms with Crippen LogP contribution in [0.25, 0.3) is 16.9 Å². The van der Waals surface area contributed by atoms with Gasteiger partial charge in [-0.3, -0.25) is 4.90 Å². The van der Waals surface area contributed by atoms with E-state index in [1.807, 2.05) is 71.2 Å². The van der Waals surface area contributed by atoms with E-state index in [0.29, 0.717) is 12.6 Å². The number of nitrogens with one attached hydrogen (secondary N) is 1. The maximum atomic E-state index is 5.96. The lowest BCUT2D eigenvalue weighted by Crippen LogP contribution is -2.38. The maximum absolute atomic E-state index is 5.96. The summed E-state index contributed by atoms with van der Waals surface area (Å²) in [4.78, 5) is 6.99. The number of aromatic nitrogens is 3. The van der Waals surface area contributed by atoms with Crippen molar-refractivity contribution < 1.29 is 14.2 Å². The van der Waals surface area contributed by atoms with Gasteiger partial charge in [0.25, 0.3) is 0 Å². The van der Waals surface area contributed by atoms with E-state index >= 15 is 0 Å². The lowest BCUT2D eigenvalue weighted by molar-refractivity contribution is 0.0322. The minimum absolute atomic E-state index is 0.529. The Morgan fingerprint density at radius 3 is 2.61 bits per heavy atom. The van der Waals surface area contributed by atoms with E-state index in [9.17, 15) is 0 Å². The van der Waals surface area contributed by atoms with E-state index < -0.39 is 0 Å². The third kappa shape index (κ3) is 5.08. The van der Waals surface area contributed by atoms with Crippen LogP contribution in [0.2, 0.25) is 0 Å². The Hall–Kier alpha value is -3.62. The van der Waals surface area contributed by atoms with Gasteiger partial charge in [-0.25, -0.2) is 4.52 Å². The normalized spacial score (nSPS) is 14.3. The topological polar surface area (TPSA) is 73.1 Å². The van der Waals surface area contributed by atoms with Gasteiger partial charge in [-0.1, -0.05) is 12.1 Å². The summed E-state index contributed by atoms with van der Waals surface area (Å²) in [5.41, 5.74) is 3.63. The minimum atomic E-state index is 0.529. The Morgan fingerprint density at radius 1 is 0.970 bits per heavy atom. The number of rotatable bonds is 8. The first-order chi connectivity index (χ1) is 16.3. The molecule has 1 aliphatic rings. The maximum Gasteiger partial charge on any atom is 0.247 e. The number of benzene rings is 2. The second-order valence-electron chi connectivity index (χ2n) is 7.80. The molecule has 1 saturated heterocycles. The largest absolute Gasteiger partial charge is 0.497 e. The number of fused-ring (bicyclic) bond motifs is 1. The number of morpholine rings is 1. The van der Waals surface area contributed by atoms with Crippen molar-refractivity contribution in [2.45, 2.75) is 0 Å². The van der Waals surface area contributed by atoms with E-state index in [1.54, 1.807) is 7.11 Å². The van der Waals surface area contributed by atoms with Crippen LogP contribution in [0, 0.1) is 0 Å². The molecule has 1 aliphatic heterocycles. The fourth-order valence-corrected chi connectivity index (χ4v) is 3.85. The van der Waals surface area contributed by atoms with Gasteiger partial charge in [-0.05, 0) is 48.5 Å². The zero-order valence-electron chi connectivity index (χ0n) is 18.6. The highest BCUT2D eigenvalue weighted by molar-refractivity contribution is 5.65. The smallest absolute Gasteiger partial charge is 0.247 e. The molecule has 0 saturated carbocycles. The molecule has 2 aromatic carbocycles. The zero-order chi connectivity index (χ0) is 22.5. The molecule has 1 fully saturated rings. The fraction of sp³-hybridized carbons (Fsp3) is 0.280. The summed E-state index contributed by atoms with van der Waals surface area (Å²) in [6.45, 7) is 5.05. The molecule has 5 rings (SSSR count). The molecule has 0 radical (unpaired) electrons. The van der Waals surface area contributed by atoms with Crippen LogP contribution in [0.3, 0.4) is 0 Å². The summed E-state index contributed by atoms with van der Waals surface area (Å²) in [5.74, 6) is 2.16. The number of ether oxygens (including phenoxy) is 3.